The number of ether oxygens (including phenoxy) is 1. The first-order valence-corrected chi connectivity index (χ1v) is 7.47. The lowest BCUT2D eigenvalue weighted by Crippen LogP contribution is -2.52. The molecule has 6 heteroatoms. The molecule has 1 amide bonds. The second-order valence-electron chi connectivity index (χ2n) is 4.94. The van der Waals surface area contributed by atoms with E-state index >= 15 is 0 Å². The third-order valence-electron chi connectivity index (χ3n) is 3.61. The first-order valence-electron chi connectivity index (χ1n) is 6.42. The molecule has 2 fully saturated rings. The molecule has 4 nitrogen and oxygen atoms in total. The number of carbonyl (C=O) groups is 1. The summed E-state index contributed by atoms with van der Waals surface area (Å²) < 4.78 is 5.31. The normalized spacial score (nSPS) is 27.4. The van der Waals surface area contributed by atoms with E-state index in [1.165, 1.54) is 0 Å². The Balaban J connectivity index is 0.00000162. The van der Waals surface area contributed by atoms with Gasteiger partial charge in [0, 0.05) is 37.3 Å². The van der Waals surface area contributed by atoms with Crippen molar-refractivity contribution in [3.05, 3.63) is 0 Å². The lowest BCUT2D eigenvalue weighted by atomic mass is 9.91. The molecule has 2 unspecified atom stereocenters. The third kappa shape index (κ3) is 4.02. The first-order chi connectivity index (χ1) is 8.18. The second-order valence-corrected chi connectivity index (χ2v) is 6.49. The van der Waals surface area contributed by atoms with Crippen LogP contribution < -0.4 is 5.73 Å². The standard InChI is InChI=1S/C12H22N2O2S.ClH/c1-9-8-14(4-7-17-9)12(15)11(13)10-2-5-16-6-3-10;/h9-11H,2-8,13H2,1H3;1H. The fourth-order valence-corrected chi connectivity index (χ4v) is 3.52. The minimum atomic E-state index is -0.325. The molecule has 0 saturated carbocycles. The molecule has 0 aromatic carbocycles. The van der Waals surface area contributed by atoms with Crippen molar-refractivity contribution in [2.75, 3.05) is 32.1 Å². The predicted octanol–water partition coefficient (Wildman–Crippen LogP) is 1.13. The van der Waals surface area contributed by atoms with Gasteiger partial charge >= 0.3 is 0 Å². The van der Waals surface area contributed by atoms with E-state index in [4.69, 9.17) is 10.5 Å². The fourth-order valence-electron chi connectivity index (χ4n) is 2.51. The highest BCUT2D eigenvalue weighted by atomic mass is 35.5. The minimum absolute atomic E-state index is 0. The molecule has 18 heavy (non-hydrogen) atoms. The summed E-state index contributed by atoms with van der Waals surface area (Å²) in [6.45, 7) is 5.37. The van der Waals surface area contributed by atoms with Crippen LogP contribution in [0, 0.1) is 5.92 Å². The molecule has 0 bridgehead atoms. The lowest BCUT2D eigenvalue weighted by Gasteiger charge is -2.35. The second kappa shape index (κ2) is 7.58. The molecule has 2 atom stereocenters. The molecule has 2 saturated heterocycles. The van der Waals surface area contributed by atoms with Crippen LogP contribution >= 0.6 is 24.2 Å². The zero-order chi connectivity index (χ0) is 12.3. The Morgan fingerprint density at radius 1 is 1.44 bits per heavy atom. The topological polar surface area (TPSA) is 55.6 Å². The Labute approximate surface area is 119 Å². The summed E-state index contributed by atoms with van der Waals surface area (Å²) >= 11 is 1.93. The van der Waals surface area contributed by atoms with Crippen LogP contribution in [0.25, 0.3) is 0 Å². The summed E-state index contributed by atoms with van der Waals surface area (Å²) in [5.74, 6) is 1.48. The van der Waals surface area contributed by atoms with Gasteiger partial charge in [-0.15, -0.1) is 12.4 Å². The summed E-state index contributed by atoms with van der Waals surface area (Å²) in [6.07, 6.45) is 1.84. The summed E-state index contributed by atoms with van der Waals surface area (Å²) in [5.41, 5.74) is 6.11. The van der Waals surface area contributed by atoms with Crippen molar-refractivity contribution < 1.29 is 9.53 Å². The summed E-state index contributed by atoms with van der Waals surface area (Å²) in [5, 5.41) is 0.537. The number of nitrogens with zero attached hydrogens (tertiary/aromatic N) is 1. The van der Waals surface area contributed by atoms with Gasteiger partial charge in [-0.2, -0.15) is 11.8 Å². The van der Waals surface area contributed by atoms with Gasteiger partial charge in [-0.3, -0.25) is 4.79 Å². The van der Waals surface area contributed by atoms with Gasteiger partial charge in [0.05, 0.1) is 6.04 Å². The van der Waals surface area contributed by atoms with E-state index in [1.54, 1.807) is 0 Å². The van der Waals surface area contributed by atoms with Crippen LogP contribution in [0.4, 0.5) is 0 Å². The number of hydrogen-bond acceptors (Lipinski definition) is 4. The predicted molar refractivity (Wildman–Crippen MR) is 77.3 cm³/mol. The monoisotopic (exact) mass is 294 g/mol. The molecule has 0 aliphatic carbocycles. The highest BCUT2D eigenvalue weighted by Gasteiger charge is 2.31. The maximum absolute atomic E-state index is 12.3. The van der Waals surface area contributed by atoms with Crippen molar-refractivity contribution in [3.8, 4) is 0 Å². The van der Waals surface area contributed by atoms with Crippen molar-refractivity contribution >= 4 is 30.1 Å². The Morgan fingerprint density at radius 2 is 2.11 bits per heavy atom. The lowest BCUT2D eigenvalue weighted by molar-refractivity contribution is -0.134. The number of nitrogens with two attached hydrogens (primary N) is 1. The highest BCUT2D eigenvalue weighted by molar-refractivity contribution is 7.99. The van der Waals surface area contributed by atoms with E-state index in [2.05, 4.69) is 6.92 Å². The van der Waals surface area contributed by atoms with Gasteiger partial charge in [0.2, 0.25) is 5.91 Å². The van der Waals surface area contributed by atoms with Crippen LogP contribution in [0.2, 0.25) is 0 Å². The summed E-state index contributed by atoms with van der Waals surface area (Å²) in [6, 6.07) is -0.325. The minimum Gasteiger partial charge on any atom is -0.381 e. The van der Waals surface area contributed by atoms with Crippen LogP contribution in [0.1, 0.15) is 19.8 Å². The Bertz CT molecular complexity index is 275. The quantitative estimate of drug-likeness (QED) is 0.829. The highest BCUT2D eigenvalue weighted by Crippen LogP contribution is 2.22. The zero-order valence-corrected chi connectivity index (χ0v) is 12.5. The van der Waals surface area contributed by atoms with Gasteiger partial charge in [0.25, 0.3) is 0 Å². The molecule has 2 rings (SSSR count). The van der Waals surface area contributed by atoms with E-state index in [0.29, 0.717) is 11.2 Å². The molecule has 2 heterocycles. The van der Waals surface area contributed by atoms with Gasteiger partial charge in [0.15, 0.2) is 0 Å². The average molecular weight is 295 g/mol. The molecule has 2 aliphatic heterocycles. The Hall–Kier alpha value is 0.0300. The van der Waals surface area contributed by atoms with E-state index < -0.39 is 0 Å². The Morgan fingerprint density at radius 3 is 2.72 bits per heavy atom. The number of rotatable bonds is 2. The first kappa shape index (κ1) is 16.1. The van der Waals surface area contributed by atoms with Crippen molar-refractivity contribution in [1.82, 2.24) is 4.90 Å². The summed E-state index contributed by atoms with van der Waals surface area (Å²) in [4.78, 5) is 14.2. The number of thioether (sulfide) groups is 1. The summed E-state index contributed by atoms with van der Waals surface area (Å²) in [7, 11) is 0. The molecule has 0 radical (unpaired) electrons. The molecule has 2 N–H and O–H groups in total. The smallest absolute Gasteiger partial charge is 0.239 e. The third-order valence-corrected chi connectivity index (χ3v) is 4.75. The van der Waals surface area contributed by atoms with Crippen LogP contribution in [-0.2, 0) is 9.53 Å². The maximum atomic E-state index is 12.3. The van der Waals surface area contributed by atoms with Gasteiger partial charge in [-0.25, -0.2) is 0 Å². The van der Waals surface area contributed by atoms with Crippen molar-refractivity contribution in [2.45, 2.75) is 31.1 Å². The molecule has 0 aromatic rings. The van der Waals surface area contributed by atoms with Gasteiger partial charge in [-0.1, -0.05) is 6.92 Å². The fraction of sp³-hybridized carbons (Fsp3) is 0.917. The van der Waals surface area contributed by atoms with Gasteiger partial charge < -0.3 is 15.4 Å². The number of halogens is 1. The molecule has 2 aliphatic rings. The van der Waals surface area contributed by atoms with E-state index in [1.807, 2.05) is 16.7 Å². The molecule has 106 valence electrons. The number of carbonyl (C=O) groups excluding carboxylic acids is 1. The van der Waals surface area contributed by atoms with Gasteiger partial charge in [-0.05, 0) is 18.8 Å². The van der Waals surface area contributed by atoms with Crippen molar-refractivity contribution in [2.24, 2.45) is 11.7 Å². The van der Waals surface area contributed by atoms with E-state index in [0.717, 1.165) is 44.9 Å². The number of hydrogen-bond donors (Lipinski definition) is 1. The van der Waals surface area contributed by atoms with Crippen LogP contribution in [0.5, 0.6) is 0 Å². The van der Waals surface area contributed by atoms with E-state index in [-0.39, 0.29) is 24.4 Å². The Kier molecular flexibility index (Phi) is 6.77. The molecular formula is C12H23ClN2O2S. The van der Waals surface area contributed by atoms with Crippen LogP contribution in [-0.4, -0.2) is 54.2 Å². The number of amides is 1. The van der Waals surface area contributed by atoms with Gasteiger partial charge in [0.1, 0.15) is 0 Å². The molecule has 0 aromatic heterocycles. The molecule has 0 spiro atoms. The SMILES string of the molecule is CC1CN(C(=O)C(N)C2CCOCC2)CCS1.Cl. The average Bonchev–Trinajstić information content (AvgIpc) is 2.38. The van der Waals surface area contributed by atoms with Crippen molar-refractivity contribution in [1.29, 1.82) is 0 Å². The largest absolute Gasteiger partial charge is 0.381 e. The van der Waals surface area contributed by atoms with Crippen LogP contribution in [0.3, 0.4) is 0 Å². The molecular weight excluding hydrogens is 272 g/mol. The van der Waals surface area contributed by atoms with E-state index in [9.17, 15) is 4.79 Å². The zero-order valence-electron chi connectivity index (χ0n) is 10.8. The van der Waals surface area contributed by atoms with Crippen molar-refractivity contribution in [3.63, 3.8) is 0 Å². The maximum Gasteiger partial charge on any atom is 0.239 e. The van der Waals surface area contributed by atoms with Crippen LogP contribution in [0.15, 0.2) is 0 Å².